The van der Waals surface area contributed by atoms with Gasteiger partial charge in [0.1, 0.15) is 4.88 Å². The fourth-order valence-electron chi connectivity index (χ4n) is 3.59. The minimum Gasteiger partial charge on any atom is -0.462 e. The Morgan fingerprint density at radius 1 is 1.12 bits per heavy atom. The molecule has 3 rings (SSSR count). The van der Waals surface area contributed by atoms with Crippen molar-refractivity contribution in [2.75, 3.05) is 18.1 Å². The van der Waals surface area contributed by atoms with Crippen molar-refractivity contribution >= 4 is 34.3 Å². The van der Waals surface area contributed by atoms with E-state index in [1.165, 1.54) is 4.90 Å². The molecule has 0 atom stereocenters. The van der Waals surface area contributed by atoms with E-state index in [1.54, 1.807) is 13.8 Å². The Bertz CT molecular complexity index is 953. The number of aromatic nitrogens is 1. The van der Waals surface area contributed by atoms with Gasteiger partial charge in [-0.25, -0.2) is 14.6 Å². The summed E-state index contributed by atoms with van der Waals surface area (Å²) in [6.45, 7) is 3.29. The number of amides is 1. The Hall–Kier alpha value is -2.78. The van der Waals surface area contributed by atoms with Crippen molar-refractivity contribution in [2.24, 2.45) is 0 Å². The van der Waals surface area contributed by atoms with Gasteiger partial charge in [-0.3, -0.25) is 9.69 Å². The quantitative estimate of drug-likeness (QED) is 0.602. The number of rotatable bonds is 8. The van der Waals surface area contributed by atoms with Crippen LogP contribution in [0.2, 0.25) is 0 Å². The number of hydrogen-bond donors (Lipinski definition) is 1. The number of benzene rings is 1. The number of carbonyl (C=O) groups is 3. The second kappa shape index (κ2) is 10.7. The predicted octanol–water partition coefficient (Wildman–Crippen LogP) is 3.40. The van der Waals surface area contributed by atoms with Gasteiger partial charge in [-0.1, -0.05) is 48.1 Å². The lowest BCUT2D eigenvalue weighted by Gasteiger charge is -2.29. The van der Waals surface area contributed by atoms with Gasteiger partial charge in [0.05, 0.1) is 18.8 Å². The summed E-state index contributed by atoms with van der Waals surface area (Å²) >= 11 is 1.05. The van der Waals surface area contributed by atoms with Crippen molar-refractivity contribution in [3.05, 3.63) is 46.5 Å². The standard InChI is InChI=1S/C23H28N2O6S/c1-3-30-20(27)19-16(2)24-22(32-19)25(14-17-10-6-4-7-11-17)18(26)15-31-21(28)23(29)12-8-5-9-13-23/h4,6-7,10-11,29H,3,5,8-9,12-15H2,1-2H3. The maximum atomic E-state index is 13.1. The first kappa shape index (κ1) is 23.9. The normalized spacial score (nSPS) is 15.1. The molecular formula is C23H28N2O6S. The zero-order valence-corrected chi connectivity index (χ0v) is 19.2. The van der Waals surface area contributed by atoms with Crippen LogP contribution in [0, 0.1) is 6.92 Å². The van der Waals surface area contributed by atoms with E-state index in [-0.39, 0.29) is 13.2 Å². The molecule has 172 valence electrons. The van der Waals surface area contributed by atoms with Crippen LogP contribution < -0.4 is 4.90 Å². The van der Waals surface area contributed by atoms with Gasteiger partial charge in [-0.05, 0) is 45.1 Å². The van der Waals surface area contributed by atoms with Crippen LogP contribution in [-0.2, 0) is 25.6 Å². The van der Waals surface area contributed by atoms with E-state index in [9.17, 15) is 19.5 Å². The Morgan fingerprint density at radius 3 is 2.47 bits per heavy atom. The highest BCUT2D eigenvalue weighted by atomic mass is 32.1. The summed E-state index contributed by atoms with van der Waals surface area (Å²) in [7, 11) is 0. The van der Waals surface area contributed by atoms with Gasteiger partial charge in [0.15, 0.2) is 17.3 Å². The van der Waals surface area contributed by atoms with Crippen molar-refractivity contribution in [1.82, 2.24) is 4.98 Å². The summed E-state index contributed by atoms with van der Waals surface area (Å²) in [4.78, 5) is 43.8. The van der Waals surface area contributed by atoms with Crippen LogP contribution in [0.15, 0.2) is 30.3 Å². The average Bonchev–Trinajstić information content (AvgIpc) is 3.18. The number of carbonyl (C=O) groups excluding carboxylic acids is 3. The molecule has 1 amide bonds. The van der Waals surface area contributed by atoms with Crippen molar-refractivity contribution in [1.29, 1.82) is 0 Å². The SMILES string of the molecule is CCOC(=O)c1sc(N(Cc2ccccc2)C(=O)COC(=O)C2(O)CCCCC2)nc1C. The molecule has 8 nitrogen and oxygen atoms in total. The van der Waals surface area contributed by atoms with E-state index in [0.717, 1.165) is 36.2 Å². The van der Waals surface area contributed by atoms with Crippen molar-refractivity contribution in [2.45, 2.75) is 58.1 Å². The molecule has 2 aromatic rings. The number of aryl methyl sites for hydroxylation is 1. The Kier molecular flexibility index (Phi) is 7.98. The van der Waals surface area contributed by atoms with Crippen LogP contribution in [0.5, 0.6) is 0 Å². The van der Waals surface area contributed by atoms with E-state index >= 15 is 0 Å². The van der Waals surface area contributed by atoms with Gasteiger partial charge in [0.25, 0.3) is 5.91 Å². The van der Waals surface area contributed by atoms with Gasteiger partial charge < -0.3 is 14.6 Å². The van der Waals surface area contributed by atoms with Gasteiger partial charge in [0, 0.05) is 0 Å². The molecule has 0 aliphatic heterocycles. The third kappa shape index (κ3) is 5.72. The van der Waals surface area contributed by atoms with Crippen molar-refractivity contribution < 1.29 is 29.0 Å². The summed E-state index contributed by atoms with van der Waals surface area (Å²) in [5, 5.41) is 10.8. The highest BCUT2D eigenvalue weighted by Gasteiger charge is 2.39. The topological polar surface area (TPSA) is 106 Å². The number of anilines is 1. The molecule has 1 heterocycles. The first-order valence-corrected chi connectivity index (χ1v) is 11.5. The second-order valence-corrected chi connectivity index (χ2v) is 8.74. The lowest BCUT2D eigenvalue weighted by atomic mass is 9.85. The summed E-state index contributed by atoms with van der Waals surface area (Å²) in [5.41, 5.74) is -0.219. The highest BCUT2D eigenvalue weighted by Crippen LogP contribution is 2.30. The van der Waals surface area contributed by atoms with Gasteiger partial charge >= 0.3 is 11.9 Å². The molecule has 1 N–H and O–H groups in total. The fraction of sp³-hybridized carbons (Fsp3) is 0.478. The molecular weight excluding hydrogens is 432 g/mol. The van der Waals surface area contributed by atoms with E-state index in [4.69, 9.17) is 9.47 Å². The Morgan fingerprint density at radius 2 is 1.81 bits per heavy atom. The molecule has 1 aliphatic rings. The number of ether oxygens (including phenoxy) is 2. The minimum absolute atomic E-state index is 0.191. The number of aliphatic hydroxyl groups is 1. The molecule has 0 unspecified atom stereocenters. The maximum absolute atomic E-state index is 13.1. The summed E-state index contributed by atoms with van der Waals surface area (Å²) < 4.78 is 10.3. The highest BCUT2D eigenvalue weighted by molar-refractivity contribution is 7.17. The third-order valence-electron chi connectivity index (χ3n) is 5.35. The van der Waals surface area contributed by atoms with Crippen molar-refractivity contribution in [3.63, 3.8) is 0 Å². The largest absolute Gasteiger partial charge is 0.462 e. The van der Waals surface area contributed by atoms with Crippen LogP contribution in [0.25, 0.3) is 0 Å². The van der Waals surface area contributed by atoms with Crippen LogP contribution in [0.3, 0.4) is 0 Å². The molecule has 0 saturated heterocycles. The molecule has 9 heteroatoms. The molecule has 0 radical (unpaired) electrons. The first-order valence-electron chi connectivity index (χ1n) is 10.7. The van der Waals surface area contributed by atoms with Crippen LogP contribution in [0.1, 0.15) is 60.0 Å². The molecule has 1 aromatic heterocycles. The summed E-state index contributed by atoms with van der Waals surface area (Å²) in [6.07, 6.45) is 3.12. The number of hydrogen-bond acceptors (Lipinski definition) is 8. The van der Waals surface area contributed by atoms with Crippen LogP contribution >= 0.6 is 11.3 Å². The molecule has 1 saturated carbocycles. The Labute approximate surface area is 191 Å². The lowest BCUT2D eigenvalue weighted by Crippen LogP contribution is -2.43. The van der Waals surface area contributed by atoms with Gasteiger partial charge in [-0.15, -0.1) is 0 Å². The van der Waals surface area contributed by atoms with E-state index < -0.39 is 30.1 Å². The zero-order chi connectivity index (χ0) is 23.1. The molecule has 0 bridgehead atoms. The Balaban J connectivity index is 1.78. The summed E-state index contributed by atoms with van der Waals surface area (Å²) in [5.74, 6) is -1.76. The molecule has 1 aliphatic carbocycles. The van der Waals surface area contributed by atoms with Crippen LogP contribution in [-0.4, -0.2) is 46.8 Å². The van der Waals surface area contributed by atoms with Gasteiger partial charge in [0.2, 0.25) is 0 Å². The molecule has 32 heavy (non-hydrogen) atoms. The van der Waals surface area contributed by atoms with Crippen molar-refractivity contribution in [3.8, 4) is 0 Å². The summed E-state index contributed by atoms with van der Waals surface area (Å²) in [6, 6.07) is 9.31. The lowest BCUT2D eigenvalue weighted by molar-refractivity contribution is -0.170. The first-order chi connectivity index (χ1) is 15.3. The molecule has 1 aromatic carbocycles. The van der Waals surface area contributed by atoms with E-state index in [2.05, 4.69) is 4.98 Å². The number of thiazole rings is 1. The monoisotopic (exact) mass is 460 g/mol. The van der Waals surface area contributed by atoms with Gasteiger partial charge in [-0.2, -0.15) is 0 Å². The molecule has 0 spiro atoms. The molecule has 1 fully saturated rings. The van der Waals surface area contributed by atoms with Crippen LogP contribution in [0.4, 0.5) is 5.13 Å². The average molecular weight is 461 g/mol. The van der Waals surface area contributed by atoms with E-state index in [0.29, 0.717) is 28.5 Å². The third-order valence-corrected chi connectivity index (χ3v) is 6.51. The minimum atomic E-state index is -1.53. The zero-order valence-electron chi connectivity index (χ0n) is 18.3. The maximum Gasteiger partial charge on any atom is 0.350 e. The number of esters is 2. The number of nitrogens with zero attached hydrogens (tertiary/aromatic N) is 2. The fourth-order valence-corrected chi connectivity index (χ4v) is 4.57. The van der Waals surface area contributed by atoms with E-state index in [1.807, 2.05) is 30.3 Å². The smallest absolute Gasteiger partial charge is 0.350 e. The second-order valence-electron chi connectivity index (χ2n) is 7.77. The predicted molar refractivity (Wildman–Crippen MR) is 119 cm³/mol.